The molecule has 0 saturated carbocycles. The Kier molecular flexibility index (Phi) is 5.38. The third-order valence-corrected chi connectivity index (χ3v) is 5.25. The first-order chi connectivity index (χ1) is 9.12. The summed E-state index contributed by atoms with van der Waals surface area (Å²) in [6.45, 7) is 0. The molecule has 0 aliphatic heterocycles. The molecule has 1 rings (SSSR count). The lowest BCUT2D eigenvalue weighted by molar-refractivity contribution is 0.311. The SMILES string of the molecule is COP(=O)(O)Cc1ccc(CP(=O)(O)OC)c(O)c1O. The maximum absolute atomic E-state index is 11.4. The highest BCUT2D eigenvalue weighted by atomic mass is 31.2. The fourth-order valence-electron chi connectivity index (χ4n) is 1.48. The Morgan fingerprint density at radius 3 is 1.45 bits per heavy atom. The number of hydrogen-bond acceptors (Lipinski definition) is 6. The molecule has 4 N–H and O–H groups in total. The minimum Gasteiger partial charge on any atom is -0.504 e. The maximum atomic E-state index is 11.4. The van der Waals surface area contributed by atoms with Crippen molar-refractivity contribution < 1.29 is 38.2 Å². The van der Waals surface area contributed by atoms with Gasteiger partial charge in [-0.1, -0.05) is 12.1 Å². The summed E-state index contributed by atoms with van der Waals surface area (Å²) in [5, 5.41) is 19.5. The lowest BCUT2D eigenvalue weighted by Crippen LogP contribution is -1.95. The van der Waals surface area contributed by atoms with Crippen LogP contribution < -0.4 is 0 Å². The molecule has 0 heterocycles. The fourth-order valence-corrected chi connectivity index (χ4v) is 3.11. The van der Waals surface area contributed by atoms with E-state index >= 15 is 0 Å². The highest BCUT2D eigenvalue weighted by Crippen LogP contribution is 2.51. The summed E-state index contributed by atoms with van der Waals surface area (Å²) < 4.78 is 31.6. The minimum atomic E-state index is -3.90. The lowest BCUT2D eigenvalue weighted by atomic mass is 10.1. The van der Waals surface area contributed by atoms with E-state index in [1.807, 2.05) is 0 Å². The Labute approximate surface area is 115 Å². The summed E-state index contributed by atoms with van der Waals surface area (Å²) in [6, 6.07) is 2.53. The van der Waals surface area contributed by atoms with Crippen LogP contribution in [0, 0.1) is 0 Å². The minimum absolute atomic E-state index is 0.0101. The molecular weight excluding hydrogens is 310 g/mol. The van der Waals surface area contributed by atoms with Crippen LogP contribution in [-0.4, -0.2) is 34.2 Å². The van der Waals surface area contributed by atoms with Gasteiger partial charge in [-0.2, -0.15) is 0 Å². The molecule has 0 amide bonds. The monoisotopic (exact) mass is 326 g/mol. The van der Waals surface area contributed by atoms with Crippen LogP contribution in [0.3, 0.4) is 0 Å². The van der Waals surface area contributed by atoms with Crippen molar-refractivity contribution in [3.8, 4) is 11.5 Å². The van der Waals surface area contributed by atoms with Crippen LogP contribution in [0.1, 0.15) is 11.1 Å². The normalized spacial score (nSPS) is 17.4. The predicted octanol–water partition coefficient (Wildman–Crippen LogP) is 1.76. The van der Waals surface area contributed by atoms with E-state index in [0.29, 0.717) is 0 Å². The molecule has 1 aromatic rings. The molecule has 0 fully saturated rings. The van der Waals surface area contributed by atoms with Crippen molar-refractivity contribution in [1.82, 2.24) is 0 Å². The summed E-state index contributed by atoms with van der Waals surface area (Å²) in [5.74, 6) is -1.27. The zero-order chi connectivity index (χ0) is 15.6. The van der Waals surface area contributed by atoms with Crippen LogP contribution in [-0.2, 0) is 30.5 Å². The number of hydrogen-bond donors (Lipinski definition) is 4. The van der Waals surface area contributed by atoms with Gasteiger partial charge in [0.1, 0.15) is 0 Å². The molecule has 0 aliphatic carbocycles. The molecule has 20 heavy (non-hydrogen) atoms. The fraction of sp³-hybridized carbons (Fsp3) is 0.400. The summed E-state index contributed by atoms with van der Waals surface area (Å²) in [7, 11) is -5.71. The van der Waals surface area contributed by atoms with Crippen molar-refractivity contribution >= 4 is 15.2 Å². The second-order valence-corrected chi connectivity index (χ2v) is 7.95. The number of benzene rings is 1. The van der Waals surface area contributed by atoms with Gasteiger partial charge in [-0.3, -0.25) is 9.13 Å². The van der Waals surface area contributed by atoms with Crippen molar-refractivity contribution in [2.45, 2.75) is 12.3 Å². The van der Waals surface area contributed by atoms with Gasteiger partial charge in [0.25, 0.3) is 0 Å². The maximum Gasteiger partial charge on any atom is 0.332 e. The van der Waals surface area contributed by atoms with Gasteiger partial charge >= 0.3 is 15.2 Å². The van der Waals surface area contributed by atoms with E-state index in [-0.39, 0.29) is 11.1 Å². The van der Waals surface area contributed by atoms with E-state index in [0.717, 1.165) is 14.2 Å². The summed E-state index contributed by atoms with van der Waals surface area (Å²) in [4.78, 5) is 18.6. The van der Waals surface area contributed by atoms with Gasteiger partial charge in [0.2, 0.25) is 0 Å². The van der Waals surface area contributed by atoms with Gasteiger partial charge in [-0.25, -0.2) is 0 Å². The molecule has 2 unspecified atom stereocenters. The van der Waals surface area contributed by atoms with Gasteiger partial charge in [-0.05, 0) is 0 Å². The van der Waals surface area contributed by atoms with Gasteiger partial charge in [0.15, 0.2) is 11.5 Å². The van der Waals surface area contributed by atoms with E-state index in [1.54, 1.807) is 0 Å². The number of phenols is 2. The molecule has 1 aromatic carbocycles. The summed E-state index contributed by atoms with van der Waals surface area (Å²) in [5.41, 5.74) is -0.0201. The molecule has 0 bridgehead atoms. The first-order valence-electron chi connectivity index (χ1n) is 5.39. The lowest BCUT2D eigenvalue weighted by Gasteiger charge is -2.14. The topological polar surface area (TPSA) is 134 Å². The van der Waals surface area contributed by atoms with Crippen molar-refractivity contribution in [3.05, 3.63) is 23.3 Å². The average molecular weight is 326 g/mol. The average Bonchev–Trinajstić information content (AvgIpc) is 2.38. The van der Waals surface area contributed by atoms with E-state index in [9.17, 15) is 29.1 Å². The number of phenolic OH excluding ortho intramolecular Hbond substituents is 2. The molecule has 0 radical (unpaired) electrons. The molecule has 0 spiro atoms. The van der Waals surface area contributed by atoms with E-state index in [4.69, 9.17) is 0 Å². The molecule has 10 heteroatoms. The predicted molar refractivity (Wildman–Crippen MR) is 70.8 cm³/mol. The van der Waals surface area contributed by atoms with Crippen molar-refractivity contribution in [2.75, 3.05) is 14.2 Å². The van der Waals surface area contributed by atoms with Crippen molar-refractivity contribution in [3.63, 3.8) is 0 Å². The number of aromatic hydroxyl groups is 2. The standard InChI is InChI=1S/C10H16O8P2/c1-17-19(13,14)5-7-3-4-8(10(12)9(7)11)6-20(15,16)18-2/h3-4,11-12H,5-6H2,1-2H3,(H,13,14)(H,15,16). The molecule has 2 atom stereocenters. The van der Waals surface area contributed by atoms with Crippen LogP contribution >= 0.6 is 15.2 Å². The highest BCUT2D eigenvalue weighted by Gasteiger charge is 2.25. The largest absolute Gasteiger partial charge is 0.504 e. The second kappa shape index (κ2) is 6.26. The van der Waals surface area contributed by atoms with Crippen LogP contribution in [0.15, 0.2) is 12.1 Å². The van der Waals surface area contributed by atoms with Gasteiger partial charge in [-0.15, -0.1) is 0 Å². The molecule has 114 valence electrons. The Hall–Kier alpha value is -0.880. The first kappa shape index (κ1) is 17.2. The quantitative estimate of drug-likeness (QED) is 0.459. The first-order valence-corrected chi connectivity index (χ1v) is 8.92. The van der Waals surface area contributed by atoms with E-state index < -0.39 is 39.0 Å². The van der Waals surface area contributed by atoms with Crippen molar-refractivity contribution in [1.29, 1.82) is 0 Å². The van der Waals surface area contributed by atoms with Crippen LogP contribution in [0.25, 0.3) is 0 Å². The smallest absolute Gasteiger partial charge is 0.332 e. The molecular formula is C10H16O8P2. The molecule has 0 saturated heterocycles. The zero-order valence-corrected chi connectivity index (χ0v) is 12.7. The molecule has 8 nitrogen and oxygen atoms in total. The number of rotatable bonds is 6. The van der Waals surface area contributed by atoms with E-state index in [2.05, 4.69) is 9.05 Å². The van der Waals surface area contributed by atoms with Crippen LogP contribution in [0.2, 0.25) is 0 Å². The van der Waals surface area contributed by atoms with Crippen LogP contribution in [0.4, 0.5) is 0 Å². The van der Waals surface area contributed by atoms with E-state index in [1.165, 1.54) is 12.1 Å². The third kappa shape index (κ3) is 4.31. The second-order valence-electron chi connectivity index (χ2n) is 4.04. The Balaban J connectivity index is 3.10. The molecule has 0 aromatic heterocycles. The zero-order valence-electron chi connectivity index (χ0n) is 10.9. The highest BCUT2D eigenvalue weighted by molar-refractivity contribution is 7.52. The van der Waals surface area contributed by atoms with Crippen molar-refractivity contribution in [2.24, 2.45) is 0 Å². The van der Waals surface area contributed by atoms with Crippen LogP contribution in [0.5, 0.6) is 11.5 Å². The Morgan fingerprint density at radius 2 is 1.20 bits per heavy atom. The summed E-state index contributed by atoms with van der Waals surface area (Å²) in [6.07, 6.45) is -0.992. The summed E-state index contributed by atoms with van der Waals surface area (Å²) >= 11 is 0. The molecule has 0 aliphatic rings. The van der Waals surface area contributed by atoms with Gasteiger partial charge < -0.3 is 29.0 Å². The van der Waals surface area contributed by atoms with Gasteiger partial charge in [0, 0.05) is 25.3 Å². The third-order valence-electron chi connectivity index (χ3n) is 2.63. The Bertz CT molecular complexity index is 534. The Morgan fingerprint density at radius 1 is 0.900 bits per heavy atom. The van der Waals surface area contributed by atoms with Gasteiger partial charge in [0.05, 0.1) is 12.3 Å².